The first-order valence-corrected chi connectivity index (χ1v) is 8.75. The predicted molar refractivity (Wildman–Crippen MR) is 39.9 cm³/mol. The van der Waals surface area contributed by atoms with E-state index < -0.39 is 0 Å². The van der Waals surface area contributed by atoms with Crippen molar-refractivity contribution in [3.8, 4) is 0 Å². The molecule has 10 heavy (non-hydrogen) atoms. The molecule has 0 atom stereocenters. The van der Waals surface area contributed by atoms with Gasteiger partial charge in [-0.3, -0.25) is 0 Å². The second-order valence-electron chi connectivity index (χ2n) is 1.87. The molecule has 0 heterocycles. The van der Waals surface area contributed by atoms with Crippen molar-refractivity contribution >= 4 is 8.52 Å². The van der Waals surface area contributed by atoms with E-state index in [2.05, 4.69) is 33.7 Å². The van der Waals surface area contributed by atoms with Crippen LogP contribution in [0, 0.1) is 0 Å². The summed E-state index contributed by atoms with van der Waals surface area (Å²) in [5.74, 6) is 0. The largest absolute Gasteiger partial charge is 1.00 e. The zero-order valence-electron chi connectivity index (χ0n) is 5.93. The molecule has 0 nitrogen and oxygen atoms in total. The molecule has 0 N–H and O–H groups in total. The predicted octanol–water partition coefficient (Wildman–Crippen LogP) is 0.00310. The van der Waals surface area contributed by atoms with Gasteiger partial charge in [-0.05, 0) is 0 Å². The van der Waals surface area contributed by atoms with Crippen LogP contribution in [0.3, 0.4) is 0 Å². The van der Waals surface area contributed by atoms with Gasteiger partial charge >= 0.3 is 70.9 Å². The van der Waals surface area contributed by atoms with Gasteiger partial charge in [-0.15, -0.1) is 0 Å². The molecular weight excluding hydrogens is 243 g/mol. The van der Waals surface area contributed by atoms with Crippen LogP contribution in [0.1, 0.15) is 13.3 Å². The molecule has 0 aromatic carbocycles. The molecule has 3 heteroatoms. The number of rotatable bonds is 3. The Labute approximate surface area is 82.8 Å². The molecule has 55 valence electrons. The van der Waals surface area contributed by atoms with Gasteiger partial charge in [0.2, 0.25) is 0 Å². The van der Waals surface area contributed by atoms with Crippen molar-refractivity contribution in [2.75, 3.05) is 0 Å². The summed E-state index contributed by atoms with van der Waals surface area (Å²) in [7, 11) is 2.15. The summed E-state index contributed by atoms with van der Waals surface area (Å²) in [6.07, 6.45) is 7.86. The molecule has 0 spiro atoms. The molecule has 0 amide bonds. The van der Waals surface area contributed by atoms with E-state index in [-0.39, 0.29) is 34.2 Å². The standard InChI is InChI=1S/C5H6S.C2H5.ClH.Zr/c6-5-3-1-2-4-5;1-2;;/h1-3,6H,4H2;1H2,2H3;1H;/q;;;+2/p-2. The van der Waals surface area contributed by atoms with Gasteiger partial charge in [0.1, 0.15) is 0 Å². The Morgan fingerprint density at radius 2 is 2.50 bits per heavy atom. The molecule has 0 aromatic rings. The Hall–Kier alpha value is 1.00. The molecule has 0 radical (unpaired) electrons. The van der Waals surface area contributed by atoms with Crippen molar-refractivity contribution in [1.29, 1.82) is 0 Å². The van der Waals surface area contributed by atoms with E-state index in [4.69, 9.17) is 0 Å². The third-order valence-electron chi connectivity index (χ3n) is 1.08. The molecule has 1 aliphatic rings. The van der Waals surface area contributed by atoms with Crippen LogP contribution in [0.15, 0.2) is 23.1 Å². The summed E-state index contributed by atoms with van der Waals surface area (Å²) in [5.41, 5.74) is 0. The zero-order chi connectivity index (χ0) is 6.53. The van der Waals surface area contributed by atoms with Crippen molar-refractivity contribution in [3.63, 3.8) is 0 Å². The maximum absolute atomic E-state index is 2.29. The average Bonchev–Trinajstić information content (AvgIpc) is 2.34. The van der Waals surface area contributed by atoms with E-state index in [1.54, 1.807) is 4.91 Å². The minimum atomic E-state index is -0.0392. The van der Waals surface area contributed by atoms with E-state index in [1.165, 1.54) is 10.5 Å². The first kappa shape index (κ1) is 11.0. The molecular formula is C7H10ClSZr. The minimum absolute atomic E-state index is 0. The van der Waals surface area contributed by atoms with Crippen LogP contribution in [-0.2, 0) is 21.8 Å². The first-order chi connectivity index (χ1) is 4.43. The number of hydrogen-bond acceptors (Lipinski definition) is 1. The van der Waals surface area contributed by atoms with E-state index in [0.29, 0.717) is 0 Å². The average molecular weight is 253 g/mol. The molecule has 1 rings (SSSR count). The molecule has 1 aliphatic carbocycles. The maximum atomic E-state index is 2.29. The monoisotopic (exact) mass is 251 g/mol. The van der Waals surface area contributed by atoms with Gasteiger partial charge in [0.05, 0.1) is 0 Å². The minimum Gasteiger partial charge on any atom is -1.00 e. The van der Waals surface area contributed by atoms with Crippen LogP contribution in [0.2, 0.25) is 4.13 Å². The van der Waals surface area contributed by atoms with Gasteiger partial charge in [-0.2, -0.15) is 0 Å². The van der Waals surface area contributed by atoms with Crippen molar-refractivity contribution < 1.29 is 34.2 Å². The van der Waals surface area contributed by atoms with Crippen LogP contribution in [0.4, 0.5) is 0 Å². The summed E-state index contributed by atoms with van der Waals surface area (Å²) >= 11 is -0.0392. The van der Waals surface area contributed by atoms with Crippen LogP contribution >= 0.6 is 8.52 Å². The quantitative estimate of drug-likeness (QED) is 0.682. The summed E-state index contributed by atoms with van der Waals surface area (Å²) in [5, 5.41) is 0. The van der Waals surface area contributed by atoms with Crippen LogP contribution < -0.4 is 12.4 Å². The topological polar surface area (TPSA) is 0 Å². The Balaban J connectivity index is 0.000000810. The third-order valence-corrected chi connectivity index (χ3v) is 7.21. The Morgan fingerprint density at radius 3 is 3.00 bits per heavy atom. The molecule has 0 saturated carbocycles. The summed E-state index contributed by atoms with van der Waals surface area (Å²) in [6.45, 7) is 2.29. The second-order valence-corrected chi connectivity index (χ2v) is 8.25. The number of hydrogen-bond donors (Lipinski definition) is 0. The summed E-state index contributed by atoms with van der Waals surface area (Å²) in [4.78, 5) is 1.60. The summed E-state index contributed by atoms with van der Waals surface area (Å²) < 4.78 is 1.45. The Kier molecular flexibility index (Phi) is 7.37. The molecule has 0 saturated heterocycles. The van der Waals surface area contributed by atoms with E-state index in [1.807, 2.05) is 0 Å². The van der Waals surface area contributed by atoms with Crippen LogP contribution in [-0.4, -0.2) is 0 Å². The maximum Gasteiger partial charge on any atom is -1.00 e. The van der Waals surface area contributed by atoms with Crippen molar-refractivity contribution in [3.05, 3.63) is 23.1 Å². The molecule has 0 fully saturated rings. The smallest absolute Gasteiger partial charge is 1.00 e. The van der Waals surface area contributed by atoms with Crippen LogP contribution in [0.25, 0.3) is 0 Å². The van der Waals surface area contributed by atoms with Crippen molar-refractivity contribution in [2.45, 2.75) is 17.5 Å². The Bertz CT molecular complexity index is 143. The summed E-state index contributed by atoms with van der Waals surface area (Å²) in [6, 6.07) is 0. The Morgan fingerprint density at radius 1 is 1.70 bits per heavy atom. The fourth-order valence-corrected chi connectivity index (χ4v) is 4.87. The van der Waals surface area contributed by atoms with Gasteiger partial charge in [0, 0.05) is 0 Å². The SMILES string of the molecule is C[CH2][Zr+][S]C1=CC=CC1.[Cl-]. The number of allylic oxidation sites excluding steroid dienone is 4. The normalized spacial score (nSPS) is 13.9. The fourth-order valence-electron chi connectivity index (χ4n) is 0.668. The van der Waals surface area contributed by atoms with E-state index >= 15 is 0 Å². The van der Waals surface area contributed by atoms with Gasteiger partial charge < -0.3 is 12.4 Å². The van der Waals surface area contributed by atoms with Gasteiger partial charge in [-0.1, -0.05) is 0 Å². The number of halogens is 1. The molecule has 0 unspecified atom stereocenters. The molecule has 0 aromatic heterocycles. The van der Waals surface area contributed by atoms with Gasteiger partial charge in [-0.25, -0.2) is 0 Å². The van der Waals surface area contributed by atoms with Crippen LogP contribution in [0.5, 0.6) is 0 Å². The first-order valence-electron chi connectivity index (χ1n) is 3.19. The molecule has 0 aliphatic heterocycles. The zero-order valence-corrected chi connectivity index (χ0v) is 9.96. The second kappa shape index (κ2) is 6.70. The molecule has 0 bridgehead atoms. The fraction of sp³-hybridized carbons (Fsp3) is 0.429. The van der Waals surface area contributed by atoms with E-state index in [9.17, 15) is 0 Å². The third kappa shape index (κ3) is 4.00. The van der Waals surface area contributed by atoms with Crippen molar-refractivity contribution in [2.24, 2.45) is 0 Å². The van der Waals surface area contributed by atoms with Crippen molar-refractivity contribution in [1.82, 2.24) is 0 Å². The van der Waals surface area contributed by atoms with E-state index in [0.717, 1.165) is 0 Å². The van der Waals surface area contributed by atoms with Gasteiger partial charge in [0.15, 0.2) is 0 Å². The van der Waals surface area contributed by atoms with Gasteiger partial charge in [0.25, 0.3) is 0 Å².